The Kier molecular flexibility index (Phi) is 4.31. The fourth-order valence-corrected chi connectivity index (χ4v) is 1.81. The number of ether oxygens (including phenoxy) is 3. The summed E-state index contributed by atoms with van der Waals surface area (Å²) in [6.07, 6.45) is 0. The van der Waals surface area contributed by atoms with E-state index in [1.807, 2.05) is 0 Å². The van der Waals surface area contributed by atoms with Crippen LogP contribution in [0, 0.1) is 0 Å². The molecule has 0 N–H and O–H groups in total. The molecule has 0 aliphatic heterocycles. The molecule has 0 aliphatic rings. The maximum atomic E-state index is 11.7. The molecule has 98 valence electrons. The van der Waals surface area contributed by atoms with E-state index in [9.17, 15) is 9.59 Å². The maximum absolute atomic E-state index is 11.7. The SMILES string of the molecule is COc1cc(OC)c(C(C)=O)c(OC)c1C(C)=O. The summed E-state index contributed by atoms with van der Waals surface area (Å²) in [5, 5.41) is 0. The third-order valence-electron chi connectivity index (χ3n) is 2.56. The minimum absolute atomic E-state index is 0.186. The van der Waals surface area contributed by atoms with Gasteiger partial charge < -0.3 is 14.2 Å². The van der Waals surface area contributed by atoms with E-state index in [4.69, 9.17) is 14.2 Å². The van der Waals surface area contributed by atoms with Gasteiger partial charge in [0.1, 0.15) is 28.4 Å². The van der Waals surface area contributed by atoms with Gasteiger partial charge in [-0.15, -0.1) is 0 Å². The van der Waals surface area contributed by atoms with Crippen molar-refractivity contribution < 1.29 is 23.8 Å². The Morgan fingerprint density at radius 2 is 1.22 bits per heavy atom. The number of carbonyl (C=O) groups is 2. The summed E-state index contributed by atoms with van der Waals surface area (Å²) in [6, 6.07) is 1.51. The molecular formula is C13H16O5. The molecule has 0 bridgehead atoms. The Morgan fingerprint density at radius 1 is 0.833 bits per heavy atom. The van der Waals surface area contributed by atoms with Crippen LogP contribution >= 0.6 is 0 Å². The molecule has 5 nitrogen and oxygen atoms in total. The summed E-state index contributed by atoms with van der Waals surface area (Å²) in [5.74, 6) is 0.344. The minimum atomic E-state index is -0.242. The Morgan fingerprint density at radius 3 is 1.44 bits per heavy atom. The topological polar surface area (TPSA) is 61.8 Å². The van der Waals surface area contributed by atoms with Gasteiger partial charge in [0.25, 0.3) is 0 Å². The van der Waals surface area contributed by atoms with E-state index < -0.39 is 0 Å². The smallest absolute Gasteiger partial charge is 0.167 e. The molecule has 5 heteroatoms. The van der Waals surface area contributed by atoms with Gasteiger partial charge in [-0.3, -0.25) is 9.59 Å². The monoisotopic (exact) mass is 252 g/mol. The molecule has 0 aliphatic carbocycles. The van der Waals surface area contributed by atoms with Crippen molar-refractivity contribution in [2.45, 2.75) is 13.8 Å². The third kappa shape index (κ3) is 2.30. The molecule has 0 saturated carbocycles. The third-order valence-corrected chi connectivity index (χ3v) is 2.56. The van der Waals surface area contributed by atoms with Crippen molar-refractivity contribution in [3.63, 3.8) is 0 Å². The van der Waals surface area contributed by atoms with E-state index in [0.29, 0.717) is 11.5 Å². The lowest BCUT2D eigenvalue weighted by Gasteiger charge is -2.17. The van der Waals surface area contributed by atoms with Gasteiger partial charge in [-0.05, 0) is 13.8 Å². The van der Waals surface area contributed by atoms with Crippen molar-refractivity contribution in [3.8, 4) is 17.2 Å². The van der Waals surface area contributed by atoms with Crippen molar-refractivity contribution >= 4 is 11.6 Å². The molecule has 0 fully saturated rings. The number of methoxy groups -OCH3 is 3. The van der Waals surface area contributed by atoms with Gasteiger partial charge in [0.15, 0.2) is 11.6 Å². The largest absolute Gasteiger partial charge is 0.496 e. The summed E-state index contributed by atoms with van der Waals surface area (Å²) in [5.41, 5.74) is 0.483. The number of carbonyl (C=O) groups excluding carboxylic acids is 2. The first-order valence-electron chi connectivity index (χ1n) is 5.32. The Balaban J connectivity index is 3.75. The highest BCUT2D eigenvalue weighted by Gasteiger charge is 2.25. The predicted molar refractivity (Wildman–Crippen MR) is 66.1 cm³/mol. The van der Waals surface area contributed by atoms with Crippen LogP contribution in [-0.2, 0) is 0 Å². The van der Waals surface area contributed by atoms with Gasteiger partial charge in [-0.25, -0.2) is 0 Å². The van der Waals surface area contributed by atoms with Crippen molar-refractivity contribution in [3.05, 3.63) is 17.2 Å². The predicted octanol–water partition coefficient (Wildman–Crippen LogP) is 2.12. The molecule has 0 aromatic heterocycles. The van der Waals surface area contributed by atoms with Crippen molar-refractivity contribution in [2.24, 2.45) is 0 Å². The lowest BCUT2D eigenvalue weighted by Crippen LogP contribution is -2.08. The minimum Gasteiger partial charge on any atom is -0.496 e. The first-order valence-corrected chi connectivity index (χ1v) is 5.32. The molecule has 0 saturated heterocycles. The molecule has 1 aromatic rings. The zero-order valence-electron chi connectivity index (χ0n) is 11.1. The van der Waals surface area contributed by atoms with Crippen LogP contribution in [0.25, 0.3) is 0 Å². The summed E-state index contributed by atoms with van der Waals surface area (Å²) in [6.45, 7) is 2.77. The van der Waals surface area contributed by atoms with Crippen LogP contribution in [0.1, 0.15) is 34.6 Å². The van der Waals surface area contributed by atoms with E-state index in [-0.39, 0.29) is 28.4 Å². The second-order valence-electron chi connectivity index (χ2n) is 3.68. The van der Waals surface area contributed by atoms with Gasteiger partial charge >= 0.3 is 0 Å². The number of hydrogen-bond donors (Lipinski definition) is 0. The second kappa shape index (κ2) is 5.53. The first kappa shape index (κ1) is 14.0. The van der Waals surface area contributed by atoms with Gasteiger partial charge in [-0.2, -0.15) is 0 Å². The highest BCUT2D eigenvalue weighted by Crippen LogP contribution is 2.39. The van der Waals surface area contributed by atoms with Crippen LogP contribution in [0.15, 0.2) is 6.07 Å². The van der Waals surface area contributed by atoms with E-state index in [1.165, 1.54) is 41.2 Å². The highest BCUT2D eigenvalue weighted by atomic mass is 16.5. The normalized spacial score (nSPS) is 9.83. The van der Waals surface area contributed by atoms with Crippen molar-refractivity contribution in [1.29, 1.82) is 0 Å². The number of ketones is 2. The first-order chi connectivity index (χ1) is 8.47. The molecule has 0 spiro atoms. The summed E-state index contributed by atoms with van der Waals surface area (Å²) in [7, 11) is 4.27. The van der Waals surface area contributed by atoms with E-state index >= 15 is 0 Å². The van der Waals surface area contributed by atoms with Crippen molar-refractivity contribution in [2.75, 3.05) is 21.3 Å². The van der Waals surface area contributed by atoms with Gasteiger partial charge in [0.2, 0.25) is 0 Å². The molecule has 0 radical (unpaired) electrons. The molecule has 0 unspecified atom stereocenters. The fraction of sp³-hybridized carbons (Fsp3) is 0.385. The zero-order chi connectivity index (χ0) is 13.9. The van der Waals surface area contributed by atoms with Crippen LogP contribution in [-0.4, -0.2) is 32.9 Å². The lowest BCUT2D eigenvalue weighted by atomic mass is 10.0. The molecule has 18 heavy (non-hydrogen) atoms. The highest BCUT2D eigenvalue weighted by molar-refractivity contribution is 6.07. The summed E-state index contributed by atoms with van der Waals surface area (Å²) in [4.78, 5) is 23.3. The average molecular weight is 252 g/mol. The Bertz CT molecular complexity index is 450. The quantitative estimate of drug-likeness (QED) is 0.751. The molecule has 0 atom stereocenters. The number of Topliss-reactive ketones (excluding diaryl/α,β-unsaturated/α-hetero) is 2. The van der Waals surface area contributed by atoms with E-state index in [0.717, 1.165) is 0 Å². The average Bonchev–Trinajstić information content (AvgIpc) is 2.35. The van der Waals surface area contributed by atoms with Crippen LogP contribution in [0.2, 0.25) is 0 Å². The number of benzene rings is 1. The van der Waals surface area contributed by atoms with Crippen LogP contribution in [0.4, 0.5) is 0 Å². The zero-order valence-corrected chi connectivity index (χ0v) is 11.1. The van der Waals surface area contributed by atoms with E-state index in [1.54, 1.807) is 0 Å². The van der Waals surface area contributed by atoms with Gasteiger partial charge in [-0.1, -0.05) is 0 Å². The van der Waals surface area contributed by atoms with Crippen LogP contribution < -0.4 is 14.2 Å². The molecular weight excluding hydrogens is 236 g/mol. The Hall–Kier alpha value is -2.04. The Labute approximate surface area is 106 Å². The molecule has 1 aromatic carbocycles. The summed E-state index contributed by atoms with van der Waals surface area (Å²) >= 11 is 0. The molecule has 0 amide bonds. The second-order valence-corrected chi connectivity index (χ2v) is 3.68. The molecule has 1 rings (SSSR count). The van der Waals surface area contributed by atoms with Crippen LogP contribution in [0.3, 0.4) is 0 Å². The molecule has 0 heterocycles. The number of rotatable bonds is 5. The standard InChI is InChI=1S/C13H16O5/c1-7(14)11-9(16-3)6-10(17-4)12(8(2)15)13(11)18-5/h6H,1-5H3. The lowest BCUT2D eigenvalue weighted by molar-refractivity contribution is 0.100. The van der Waals surface area contributed by atoms with Gasteiger partial charge in [0.05, 0.1) is 21.3 Å². The number of hydrogen-bond acceptors (Lipinski definition) is 5. The van der Waals surface area contributed by atoms with E-state index in [2.05, 4.69) is 0 Å². The fourth-order valence-electron chi connectivity index (χ4n) is 1.81. The van der Waals surface area contributed by atoms with Gasteiger partial charge in [0, 0.05) is 6.07 Å². The summed E-state index contributed by atoms with van der Waals surface area (Å²) < 4.78 is 15.5. The van der Waals surface area contributed by atoms with Crippen LogP contribution in [0.5, 0.6) is 17.2 Å². The maximum Gasteiger partial charge on any atom is 0.167 e. The van der Waals surface area contributed by atoms with Crippen molar-refractivity contribution in [1.82, 2.24) is 0 Å².